The van der Waals surface area contributed by atoms with Crippen LogP contribution in [0.5, 0.6) is 0 Å². The third-order valence-corrected chi connectivity index (χ3v) is 7.51. The number of H-pyrrole nitrogens is 1. The number of carbonyl (C=O) groups excluding carboxylic acids is 2. The molecule has 45 heavy (non-hydrogen) atoms. The van der Waals surface area contributed by atoms with Gasteiger partial charge < -0.3 is 33.2 Å². The van der Waals surface area contributed by atoms with Gasteiger partial charge in [0.1, 0.15) is 5.52 Å². The van der Waals surface area contributed by atoms with E-state index in [0.717, 1.165) is 56.1 Å². The molecular formula is C33H44N10O2. The van der Waals surface area contributed by atoms with Crippen LogP contribution in [-0.4, -0.2) is 58.4 Å². The van der Waals surface area contributed by atoms with Crippen molar-refractivity contribution in [2.45, 2.75) is 57.4 Å². The van der Waals surface area contributed by atoms with Gasteiger partial charge in [-0.25, -0.2) is 9.97 Å². The number of rotatable bonds is 16. The first kappa shape index (κ1) is 33.1. The summed E-state index contributed by atoms with van der Waals surface area (Å²) in [7, 11) is 0. The van der Waals surface area contributed by atoms with Crippen LogP contribution in [0, 0.1) is 0 Å². The Bertz CT molecular complexity index is 1560. The summed E-state index contributed by atoms with van der Waals surface area (Å²) in [6, 6.07) is 18.4. The highest BCUT2D eigenvalue weighted by atomic mass is 16.2. The predicted molar refractivity (Wildman–Crippen MR) is 179 cm³/mol. The number of anilines is 1. The van der Waals surface area contributed by atoms with Gasteiger partial charge in [0.15, 0.2) is 23.1 Å². The molecule has 0 bridgehead atoms. The van der Waals surface area contributed by atoms with Crippen molar-refractivity contribution in [1.82, 2.24) is 25.6 Å². The third-order valence-electron chi connectivity index (χ3n) is 7.51. The second-order valence-electron chi connectivity index (χ2n) is 11.0. The number of hydrogen-bond donors (Lipinski definition) is 7. The molecule has 0 spiro atoms. The molecule has 2 aromatic heterocycles. The number of benzene rings is 2. The van der Waals surface area contributed by atoms with E-state index in [2.05, 4.69) is 79.1 Å². The number of hydrogen-bond acceptors (Lipinski definition) is 8. The van der Waals surface area contributed by atoms with Gasteiger partial charge in [-0.05, 0) is 79.8 Å². The minimum Gasteiger partial charge on any atom is -0.382 e. The summed E-state index contributed by atoms with van der Waals surface area (Å²) < 4.78 is 0. The van der Waals surface area contributed by atoms with Crippen molar-refractivity contribution in [2.24, 2.45) is 22.2 Å². The van der Waals surface area contributed by atoms with Crippen molar-refractivity contribution in [3.05, 3.63) is 77.6 Å². The second kappa shape index (κ2) is 16.9. The normalized spacial score (nSPS) is 12.3. The van der Waals surface area contributed by atoms with Crippen molar-refractivity contribution in [2.75, 3.05) is 25.4 Å². The standard InChI is InChI=1S/C33H44N10O2/c34-18-3-1-8-26(35)31(44)39-20-5-7-23-11-15-25(16-12-23)24-13-9-22(10-14-24)6-2-4-19-40-33(37)43-32(45)28-29(36)42-30-27(41-28)17-21-38-30/h9-17,21,26H,1-8,18-20,34-35H2,(H,39,44)(H3,36,38,42)(H3,37,40,43,45)/t26-/m0/s1. The first-order valence-electron chi connectivity index (χ1n) is 15.5. The maximum absolute atomic E-state index is 12.5. The van der Waals surface area contributed by atoms with Gasteiger partial charge in [-0.15, -0.1) is 0 Å². The molecule has 2 aromatic carbocycles. The first-order chi connectivity index (χ1) is 21.8. The third kappa shape index (κ3) is 10.1. The van der Waals surface area contributed by atoms with Gasteiger partial charge in [-0.2, -0.15) is 0 Å². The Hall–Kier alpha value is -4.81. The summed E-state index contributed by atoms with van der Waals surface area (Å²) >= 11 is 0. The molecule has 0 aliphatic carbocycles. The van der Waals surface area contributed by atoms with Crippen molar-refractivity contribution in [1.29, 1.82) is 0 Å². The van der Waals surface area contributed by atoms with E-state index in [-0.39, 0.29) is 23.4 Å². The smallest absolute Gasteiger partial charge is 0.280 e. The van der Waals surface area contributed by atoms with Gasteiger partial charge in [0.25, 0.3) is 5.91 Å². The van der Waals surface area contributed by atoms with Crippen LogP contribution in [0.3, 0.4) is 0 Å². The molecule has 0 radical (unpaired) electrons. The molecule has 0 saturated heterocycles. The van der Waals surface area contributed by atoms with E-state index in [1.54, 1.807) is 12.3 Å². The first-order valence-corrected chi connectivity index (χ1v) is 15.5. The minimum absolute atomic E-state index is 0.00762. The highest BCUT2D eigenvalue weighted by molar-refractivity contribution is 6.07. The number of carbonyl (C=O) groups is 2. The SMILES string of the molecule is NCCCC[C@H](N)C(=O)NCCCc1ccc(-c2ccc(CCCCN=C(N)NC(=O)c3nc4cc[nH]c4nc3N)cc2)cc1. The molecule has 0 saturated carbocycles. The zero-order chi connectivity index (χ0) is 32.0. The van der Waals surface area contributed by atoms with Crippen LogP contribution in [0.25, 0.3) is 22.3 Å². The largest absolute Gasteiger partial charge is 0.382 e. The highest BCUT2D eigenvalue weighted by Crippen LogP contribution is 2.21. The molecule has 4 aromatic rings. The zero-order valence-corrected chi connectivity index (χ0v) is 25.6. The number of nitrogens with zero attached hydrogens (tertiary/aromatic N) is 3. The van der Waals surface area contributed by atoms with E-state index in [1.165, 1.54) is 11.1 Å². The van der Waals surface area contributed by atoms with Crippen molar-refractivity contribution < 1.29 is 9.59 Å². The maximum atomic E-state index is 12.5. The number of nitrogen functional groups attached to an aromatic ring is 1. The molecule has 238 valence electrons. The summed E-state index contributed by atoms with van der Waals surface area (Å²) in [6.07, 6.45) is 8.52. The van der Waals surface area contributed by atoms with Gasteiger partial charge in [-0.3, -0.25) is 19.9 Å². The van der Waals surface area contributed by atoms with Crippen LogP contribution in [-0.2, 0) is 17.6 Å². The number of guanidine groups is 1. The van der Waals surface area contributed by atoms with Gasteiger partial charge in [-0.1, -0.05) is 55.0 Å². The number of aryl methyl sites for hydroxylation is 2. The molecule has 2 heterocycles. The molecule has 0 aliphatic rings. The van der Waals surface area contributed by atoms with E-state index in [0.29, 0.717) is 37.2 Å². The Balaban J connectivity index is 1.13. The molecule has 12 heteroatoms. The predicted octanol–water partition coefficient (Wildman–Crippen LogP) is 2.78. The van der Waals surface area contributed by atoms with E-state index in [9.17, 15) is 9.59 Å². The minimum atomic E-state index is -0.546. The summed E-state index contributed by atoms with van der Waals surface area (Å²) in [5, 5.41) is 5.46. The molecule has 4 rings (SSSR count). The lowest BCUT2D eigenvalue weighted by Gasteiger charge is -2.12. The second-order valence-corrected chi connectivity index (χ2v) is 11.0. The van der Waals surface area contributed by atoms with Crippen LogP contribution in [0.1, 0.15) is 60.1 Å². The van der Waals surface area contributed by atoms with E-state index in [4.69, 9.17) is 22.9 Å². The summed E-state index contributed by atoms with van der Waals surface area (Å²) in [6.45, 7) is 1.73. The lowest BCUT2D eigenvalue weighted by molar-refractivity contribution is -0.122. The Labute approximate surface area is 263 Å². The fraction of sp³-hybridized carbons (Fsp3) is 0.364. The number of fused-ring (bicyclic) bond motifs is 1. The lowest BCUT2D eigenvalue weighted by atomic mass is 9.99. The number of aromatic amines is 1. The van der Waals surface area contributed by atoms with Crippen LogP contribution in [0.15, 0.2) is 65.8 Å². The quantitative estimate of drug-likeness (QED) is 0.0566. The van der Waals surface area contributed by atoms with E-state index >= 15 is 0 Å². The number of nitrogens with one attached hydrogen (secondary N) is 3. The number of unbranched alkanes of at least 4 members (excludes halogenated alkanes) is 2. The summed E-state index contributed by atoms with van der Waals surface area (Å²) in [4.78, 5) is 40.1. The van der Waals surface area contributed by atoms with E-state index in [1.807, 2.05) is 0 Å². The molecule has 11 N–H and O–H groups in total. The maximum Gasteiger partial charge on any atom is 0.280 e. The molecular weight excluding hydrogens is 568 g/mol. The van der Waals surface area contributed by atoms with Crippen molar-refractivity contribution in [3.8, 4) is 11.1 Å². The Morgan fingerprint density at radius 2 is 1.53 bits per heavy atom. The fourth-order valence-corrected chi connectivity index (χ4v) is 4.91. The van der Waals surface area contributed by atoms with E-state index < -0.39 is 11.9 Å². The topological polar surface area (TPSA) is 216 Å². The molecule has 1 atom stereocenters. The van der Waals surface area contributed by atoms with Crippen LogP contribution in [0.2, 0.25) is 0 Å². The zero-order valence-electron chi connectivity index (χ0n) is 25.6. The van der Waals surface area contributed by atoms with Crippen molar-refractivity contribution >= 4 is 34.8 Å². The Morgan fingerprint density at radius 1 is 0.867 bits per heavy atom. The average Bonchev–Trinajstić information content (AvgIpc) is 3.50. The van der Waals surface area contributed by atoms with Gasteiger partial charge in [0.2, 0.25) is 5.91 Å². The fourth-order valence-electron chi connectivity index (χ4n) is 4.91. The highest BCUT2D eigenvalue weighted by Gasteiger charge is 2.16. The van der Waals surface area contributed by atoms with Crippen LogP contribution < -0.4 is 33.6 Å². The number of aromatic nitrogens is 3. The molecule has 0 aliphatic heterocycles. The van der Waals surface area contributed by atoms with Crippen LogP contribution >= 0.6 is 0 Å². The molecule has 12 nitrogen and oxygen atoms in total. The Kier molecular flexibility index (Phi) is 12.4. The number of amides is 2. The lowest BCUT2D eigenvalue weighted by Crippen LogP contribution is -2.41. The Morgan fingerprint density at radius 3 is 2.20 bits per heavy atom. The summed E-state index contributed by atoms with van der Waals surface area (Å²) in [5.74, 6) is -0.596. The monoisotopic (exact) mass is 612 g/mol. The van der Waals surface area contributed by atoms with Gasteiger partial charge >= 0.3 is 0 Å². The van der Waals surface area contributed by atoms with Gasteiger partial charge in [0, 0.05) is 19.3 Å². The average molecular weight is 613 g/mol. The van der Waals surface area contributed by atoms with Gasteiger partial charge in [0.05, 0.1) is 6.04 Å². The number of aliphatic imine (C=N–C) groups is 1. The van der Waals surface area contributed by atoms with Crippen LogP contribution in [0.4, 0.5) is 5.82 Å². The molecule has 0 fully saturated rings. The number of nitrogens with two attached hydrogens (primary N) is 4. The molecule has 0 unspecified atom stereocenters. The molecule has 2 amide bonds. The summed E-state index contributed by atoms with van der Waals surface area (Å²) in [5.41, 5.74) is 29.1. The van der Waals surface area contributed by atoms with Crippen molar-refractivity contribution in [3.63, 3.8) is 0 Å².